The van der Waals surface area contributed by atoms with Crippen molar-refractivity contribution in [1.29, 1.82) is 0 Å². The summed E-state index contributed by atoms with van der Waals surface area (Å²) in [4.78, 5) is 4.45. The van der Waals surface area contributed by atoms with Crippen LogP contribution < -0.4 is 5.73 Å². The van der Waals surface area contributed by atoms with Gasteiger partial charge in [0.15, 0.2) is 5.82 Å². The Morgan fingerprint density at radius 1 is 1.30 bits per heavy atom. The topological polar surface area (TPSA) is 43.8 Å². The van der Waals surface area contributed by atoms with Crippen LogP contribution in [0.15, 0.2) is 40.9 Å². The number of nitrogen functional groups attached to an aromatic ring is 1. The largest absolute Gasteiger partial charge is 0.399 e. The third-order valence-corrected chi connectivity index (χ3v) is 3.68. The van der Waals surface area contributed by atoms with Gasteiger partial charge in [0.1, 0.15) is 11.3 Å². The smallest absolute Gasteiger partial charge is 0.151 e. The van der Waals surface area contributed by atoms with Crippen LogP contribution in [-0.4, -0.2) is 9.55 Å². The maximum Gasteiger partial charge on any atom is 0.151 e. The summed E-state index contributed by atoms with van der Waals surface area (Å²) in [5.74, 6) is 0.416. The van der Waals surface area contributed by atoms with Gasteiger partial charge < -0.3 is 10.3 Å². The van der Waals surface area contributed by atoms with E-state index in [9.17, 15) is 4.39 Å². The van der Waals surface area contributed by atoms with E-state index in [1.54, 1.807) is 6.07 Å². The molecule has 2 N–H and O–H groups in total. The quantitative estimate of drug-likeness (QED) is 0.714. The van der Waals surface area contributed by atoms with E-state index in [0.717, 1.165) is 21.4 Å². The number of hydrogen-bond donors (Lipinski definition) is 1. The third-order valence-electron chi connectivity index (χ3n) is 3.22. The number of nitrogens with zero attached hydrogens (tertiary/aromatic N) is 2. The van der Waals surface area contributed by atoms with Gasteiger partial charge in [0.25, 0.3) is 0 Å². The van der Waals surface area contributed by atoms with Gasteiger partial charge in [-0.1, -0.05) is 22.0 Å². The SMILES string of the molecule is CCn1c(-c2cc(N)cc(Br)c2)nc2c(F)cccc21. The fraction of sp³-hybridized carbons (Fsp3) is 0.133. The van der Waals surface area contributed by atoms with Crippen LogP contribution in [0.5, 0.6) is 0 Å². The molecule has 0 atom stereocenters. The van der Waals surface area contributed by atoms with Gasteiger partial charge in [0, 0.05) is 22.3 Å². The second-order valence-electron chi connectivity index (χ2n) is 4.56. The lowest BCUT2D eigenvalue weighted by Gasteiger charge is -2.07. The molecule has 0 saturated heterocycles. The zero-order valence-electron chi connectivity index (χ0n) is 10.9. The van der Waals surface area contributed by atoms with Crippen molar-refractivity contribution in [3.63, 3.8) is 0 Å². The predicted molar refractivity (Wildman–Crippen MR) is 82.9 cm³/mol. The second-order valence-corrected chi connectivity index (χ2v) is 5.48. The number of halogens is 2. The number of nitrogens with two attached hydrogens (primary N) is 1. The molecule has 0 aliphatic carbocycles. The average molecular weight is 334 g/mol. The Morgan fingerprint density at radius 3 is 2.80 bits per heavy atom. The molecule has 0 aliphatic heterocycles. The molecule has 1 heterocycles. The Labute approximate surface area is 124 Å². The molecule has 1 aromatic heterocycles. The predicted octanol–water partition coefficient (Wildman–Crippen LogP) is 4.21. The third kappa shape index (κ3) is 2.08. The molecule has 3 nitrogen and oxygen atoms in total. The number of aryl methyl sites for hydroxylation is 1. The molecule has 5 heteroatoms. The van der Waals surface area contributed by atoms with E-state index in [1.807, 2.05) is 35.8 Å². The van der Waals surface area contributed by atoms with Gasteiger partial charge in [-0.05, 0) is 37.3 Å². The van der Waals surface area contributed by atoms with E-state index in [-0.39, 0.29) is 5.82 Å². The number of imidazole rings is 1. The van der Waals surface area contributed by atoms with Gasteiger partial charge in [0.05, 0.1) is 5.52 Å². The Morgan fingerprint density at radius 2 is 2.10 bits per heavy atom. The highest BCUT2D eigenvalue weighted by Crippen LogP contribution is 2.29. The van der Waals surface area contributed by atoms with Gasteiger partial charge in [0.2, 0.25) is 0 Å². The summed E-state index contributed by atoms with van der Waals surface area (Å²) >= 11 is 3.42. The van der Waals surface area contributed by atoms with Crippen molar-refractivity contribution in [1.82, 2.24) is 9.55 Å². The number of aromatic nitrogens is 2. The van der Waals surface area contributed by atoms with Crippen molar-refractivity contribution in [3.8, 4) is 11.4 Å². The van der Waals surface area contributed by atoms with Crippen LogP contribution in [0.4, 0.5) is 10.1 Å². The summed E-state index contributed by atoms with van der Waals surface area (Å²) in [6.07, 6.45) is 0. The molecule has 2 aromatic carbocycles. The highest BCUT2D eigenvalue weighted by molar-refractivity contribution is 9.10. The summed E-state index contributed by atoms with van der Waals surface area (Å²) in [7, 11) is 0. The molecule has 20 heavy (non-hydrogen) atoms. The van der Waals surface area contributed by atoms with Crippen LogP contribution in [0, 0.1) is 5.82 Å². The zero-order valence-corrected chi connectivity index (χ0v) is 12.5. The maximum atomic E-state index is 13.9. The fourth-order valence-corrected chi connectivity index (χ4v) is 2.91. The minimum atomic E-state index is -0.307. The van der Waals surface area contributed by atoms with Crippen molar-refractivity contribution in [3.05, 3.63) is 46.7 Å². The monoisotopic (exact) mass is 333 g/mol. The summed E-state index contributed by atoms with van der Waals surface area (Å²) in [6, 6.07) is 10.6. The van der Waals surface area contributed by atoms with Crippen LogP contribution in [0.25, 0.3) is 22.4 Å². The van der Waals surface area contributed by atoms with Crippen LogP contribution >= 0.6 is 15.9 Å². The molecule has 102 valence electrons. The second kappa shape index (κ2) is 4.90. The first kappa shape index (κ1) is 13.1. The number of anilines is 1. The Balaban J connectivity index is 2.33. The summed E-state index contributed by atoms with van der Waals surface area (Å²) in [5, 5.41) is 0. The fourth-order valence-electron chi connectivity index (χ4n) is 2.39. The maximum absolute atomic E-state index is 13.9. The number of para-hydroxylation sites is 1. The Bertz CT molecular complexity index is 775. The minimum Gasteiger partial charge on any atom is -0.399 e. The standard InChI is InChI=1S/C15H13BrFN3/c1-2-20-13-5-3-4-12(17)14(13)19-15(20)9-6-10(16)8-11(18)7-9/h3-8H,2,18H2,1H3. The molecular weight excluding hydrogens is 321 g/mol. The van der Waals surface area contributed by atoms with E-state index in [0.29, 0.717) is 17.7 Å². The Hall–Kier alpha value is -1.88. The summed E-state index contributed by atoms with van der Waals surface area (Å²) < 4.78 is 16.7. The van der Waals surface area contributed by atoms with Gasteiger partial charge in [-0.2, -0.15) is 0 Å². The van der Waals surface area contributed by atoms with Crippen molar-refractivity contribution in [2.45, 2.75) is 13.5 Å². The van der Waals surface area contributed by atoms with Gasteiger partial charge in [-0.15, -0.1) is 0 Å². The van der Waals surface area contributed by atoms with E-state index >= 15 is 0 Å². The lowest BCUT2D eigenvalue weighted by atomic mass is 10.2. The van der Waals surface area contributed by atoms with Crippen LogP contribution in [0.2, 0.25) is 0 Å². The Kier molecular flexibility index (Phi) is 3.22. The van der Waals surface area contributed by atoms with Gasteiger partial charge in [-0.3, -0.25) is 0 Å². The zero-order chi connectivity index (χ0) is 14.3. The highest BCUT2D eigenvalue weighted by atomic mass is 79.9. The number of benzene rings is 2. The summed E-state index contributed by atoms with van der Waals surface area (Å²) in [6.45, 7) is 2.72. The normalized spacial score (nSPS) is 11.2. The highest BCUT2D eigenvalue weighted by Gasteiger charge is 2.14. The van der Waals surface area contributed by atoms with E-state index in [2.05, 4.69) is 20.9 Å². The molecule has 0 unspecified atom stereocenters. The number of fused-ring (bicyclic) bond motifs is 1. The lowest BCUT2D eigenvalue weighted by Crippen LogP contribution is -1.98. The molecular formula is C15H13BrFN3. The molecule has 0 bridgehead atoms. The first-order chi connectivity index (χ1) is 9.60. The van der Waals surface area contributed by atoms with Gasteiger partial charge >= 0.3 is 0 Å². The molecule has 0 radical (unpaired) electrons. The van der Waals surface area contributed by atoms with E-state index in [4.69, 9.17) is 5.73 Å². The first-order valence-electron chi connectivity index (χ1n) is 6.31. The average Bonchev–Trinajstić information content (AvgIpc) is 2.77. The first-order valence-corrected chi connectivity index (χ1v) is 7.10. The van der Waals surface area contributed by atoms with Gasteiger partial charge in [-0.25, -0.2) is 9.37 Å². The molecule has 0 amide bonds. The minimum absolute atomic E-state index is 0.307. The molecule has 0 aliphatic rings. The van der Waals surface area contributed by atoms with Crippen molar-refractivity contribution in [2.24, 2.45) is 0 Å². The molecule has 0 fully saturated rings. The van der Waals surface area contributed by atoms with Crippen molar-refractivity contribution in [2.75, 3.05) is 5.73 Å². The van der Waals surface area contributed by atoms with Crippen molar-refractivity contribution >= 4 is 32.7 Å². The molecule has 0 saturated carbocycles. The molecule has 3 aromatic rings. The van der Waals surface area contributed by atoms with Crippen LogP contribution in [0.3, 0.4) is 0 Å². The van der Waals surface area contributed by atoms with E-state index in [1.165, 1.54) is 6.07 Å². The molecule has 3 rings (SSSR count). The lowest BCUT2D eigenvalue weighted by molar-refractivity contribution is 0.637. The van der Waals surface area contributed by atoms with Crippen LogP contribution in [0.1, 0.15) is 6.92 Å². The molecule has 0 spiro atoms. The van der Waals surface area contributed by atoms with E-state index < -0.39 is 0 Å². The number of hydrogen-bond acceptors (Lipinski definition) is 2. The van der Waals surface area contributed by atoms with Crippen LogP contribution in [-0.2, 0) is 6.54 Å². The number of rotatable bonds is 2. The summed E-state index contributed by atoms with van der Waals surface area (Å²) in [5.41, 5.74) is 8.57. The van der Waals surface area contributed by atoms with Crippen molar-refractivity contribution < 1.29 is 4.39 Å².